The third-order valence-corrected chi connectivity index (χ3v) is 2.45. The second kappa shape index (κ2) is 4.26. The third kappa shape index (κ3) is 1.86. The molecule has 16 heavy (non-hydrogen) atoms. The Morgan fingerprint density at radius 1 is 1.38 bits per heavy atom. The molecule has 0 aliphatic rings. The fraction of sp³-hybridized carbons (Fsp3) is 0.250. The number of aryl methyl sites for hydroxylation is 1. The lowest BCUT2D eigenvalue weighted by atomic mass is 10.2. The second-order valence-corrected chi connectivity index (χ2v) is 3.38. The lowest BCUT2D eigenvalue weighted by Crippen LogP contribution is -2.06. The molecule has 0 unspecified atom stereocenters. The summed E-state index contributed by atoms with van der Waals surface area (Å²) >= 11 is 0. The van der Waals surface area contributed by atoms with Crippen LogP contribution in [0.25, 0.3) is 10.9 Å². The van der Waals surface area contributed by atoms with E-state index < -0.39 is 6.16 Å². The van der Waals surface area contributed by atoms with Crippen LogP contribution in [0.1, 0.15) is 6.92 Å². The molecule has 2 aromatic rings. The Balaban J connectivity index is 2.34. The third-order valence-electron chi connectivity index (χ3n) is 2.45. The molecule has 0 aliphatic carbocycles. The van der Waals surface area contributed by atoms with Crippen molar-refractivity contribution in [1.82, 2.24) is 4.57 Å². The Kier molecular flexibility index (Phi) is 2.81. The van der Waals surface area contributed by atoms with Gasteiger partial charge in [0.25, 0.3) is 0 Å². The summed E-state index contributed by atoms with van der Waals surface area (Å²) in [5.41, 5.74) is 1.12. The van der Waals surface area contributed by atoms with E-state index >= 15 is 0 Å². The first kappa shape index (κ1) is 10.5. The van der Waals surface area contributed by atoms with Gasteiger partial charge in [0.15, 0.2) is 0 Å². The summed E-state index contributed by atoms with van der Waals surface area (Å²) in [7, 11) is 1.29. The SMILES string of the molecule is CCn1ccc2cc(OC(=O)OC)ccc21. The number of hydrogen-bond donors (Lipinski definition) is 0. The summed E-state index contributed by atoms with van der Waals surface area (Å²) in [6, 6.07) is 7.49. The molecule has 0 aliphatic heterocycles. The number of nitrogens with zero attached hydrogens (tertiary/aromatic N) is 1. The van der Waals surface area contributed by atoms with E-state index in [2.05, 4.69) is 16.2 Å². The zero-order chi connectivity index (χ0) is 11.5. The zero-order valence-corrected chi connectivity index (χ0v) is 9.27. The van der Waals surface area contributed by atoms with Gasteiger partial charge in [-0.15, -0.1) is 0 Å². The summed E-state index contributed by atoms with van der Waals surface area (Å²) in [5.74, 6) is 0.494. The highest BCUT2D eigenvalue weighted by molar-refractivity contribution is 5.82. The number of fused-ring (bicyclic) bond motifs is 1. The highest BCUT2D eigenvalue weighted by Crippen LogP contribution is 2.22. The van der Waals surface area contributed by atoms with Crippen LogP contribution in [0.15, 0.2) is 30.5 Å². The predicted molar refractivity (Wildman–Crippen MR) is 60.6 cm³/mol. The van der Waals surface area contributed by atoms with Gasteiger partial charge in [-0.3, -0.25) is 0 Å². The molecule has 2 rings (SSSR count). The summed E-state index contributed by atoms with van der Waals surface area (Å²) in [6.07, 6.45) is 1.31. The fourth-order valence-electron chi connectivity index (χ4n) is 1.66. The minimum absolute atomic E-state index is 0.494. The van der Waals surface area contributed by atoms with Gasteiger partial charge in [-0.25, -0.2) is 4.79 Å². The van der Waals surface area contributed by atoms with Crippen LogP contribution in [-0.2, 0) is 11.3 Å². The molecule has 0 N–H and O–H groups in total. The summed E-state index contributed by atoms with van der Waals surface area (Å²) in [5, 5.41) is 1.04. The number of benzene rings is 1. The molecule has 0 atom stereocenters. The second-order valence-electron chi connectivity index (χ2n) is 3.38. The molecule has 0 radical (unpaired) electrons. The lowest BCUT2D eigenvalue weighted by Gasteiger charge is -2.04. The average Bonchev–Trinajstić information content (AvgIpc) is 2.71. The maximum atomic E-state index is 10.9. The molecule has 0 amide bonds. The van der Waals surface area contributed by atoms with Crippen LogP contribution in [-0.4, -0.2) is 17.8 Å². The Hall–Kier alpha value is -1.97. The van der Waals surface area contributed by atoms with Crippen LogP contribution in [0.3, 0.4) is 0 Å². The van der Waals surface area contributed by atoms with E-state index in [-0.39, 0.29) is 0 Å². The highest BCUT2D eigenvalue weighted by Gasteiger charge is 2.05. The van der Waals surface area contributed by atoms with Gasteiger partial charge in [-0.2, -0.15) is 0 Å². The maximum Gasteiger partial charge on any atom is 0.513 e. The van der Waals surface area contributed by atoms with Gasteiger partial charge in [0.05, 0.1) is 7.11 Å². The van der Waals surface area contributed by atoms with Crippen molar-refractivity contribution in [2.45, 2.75) is 13.5 Å². The monoisotopic (exact) mass is 219 g/mol. The van der Waals surface area contributed by atoms with E-state index in [4.69, 9.17) is 4.74 Å². The number of methoxy groups -OCH3 is 1. The molecule has 4 nitrogen and oxygen atoms in total. The van der Waals surface area contributed by atoms with Crippen LogP contribution in [0.5, 0.6) is 5.75 Å². The van der Waals surface area contributed by atoms with Crippen molar-refractivity contribution in [3.8, 4) is 5.75 Å². The van der Waals surface area contributed by atoms with Crippen LogP contribution in [0.2, 0.25) is 0 Å². The van der Waals surface area contributed by atoms with Crippen molar-refractivity contribution < 1.29 is 14.3 Å². The molecule has 0 saturated heterocycles. The molecule has 0 bridgehead atoms. The minimum atomic E-state index is -0.700. The van der Waals surface area contributed by atoms with E-state index in [0.29, 0.717) is 5.75 Å². The molecular formula is C12H13NO3. The smallest absolute Gasteiger partial charge is 0.437 e. The molecule has 0 spiro atoms. The van der Waals surface area contributed by atoms with Crippen LogP contribution >= 0.6 is 0 Å². The molecule has 4 heteroatoms. The van der Waals surface area contributed by atoms with E-state index in [1.807, 2.05) is 24.4 Å². The lowest BCUT2D eigenvalue weighted by molar-refractivity contribution is 0.121. The van der Waals surface area contributed by atoms with Crippen molar-refractivity contribution in [3.05, 3.63) is 30.5 Å². The topological polar surface area (TPSA) is 40.5 Å². The van der Waals surface area contributed by atoms with Crippen molar-refractivity contribution in [1.29, 1.82) is 0 Å². The number of ether oxygens (including phenoxy) is 2. The minimum Gasteiger partial charge on any atom is -0.437 e. The normalized spacial score (nSPS) is 10.4. The van der Waals surface area contributed by atoms with E-state index in [1.54, 1.807) is 6.07 Å². The molecule has 1 heterocycles. The van der Waals surface area contributed by atoms with Crippen molar-refractivity contribution in [2.75, 3.05) is 7.11 Å². The number of rotatable bonds is 2. The first-order valence-corrected chi connectivity index (χ1v) is 5.09. The standard InChI is InChI=1S/C12H13NO3/c1-3-13-7-6-9-8-10(4-5-11(9)13)16-12(14)15-2/h4-8H,3H2,1-2H3. The van der Waals surface area contributed by atoms with Gasteiger partial charge in [0.2, 0.25) is 0 Å². The van der Waals surface area contributed by atoms with Gasteiger partial charge in [0.1, 0.15) is 5.75 Å². The summed E-state index contributed by atoms with van der Waals surface area (Å²) in [4.78, 5) is 10.9. The number of aromatic nitrogens is 1. The summed E-state index contributed by atoms with van der Waals surface area (Å²) < 4.78 is 11.5. The van der Waals surface area contributed by atoms with Crippen LogP contribution in [0, 0.1) is 0 Å². The van der Waals surface area contributed by atoms with Crippen molar-refractivity contribution in [2.24, 2.45) is 0 Å². The fourth-order valence-corrected chi connectivity index (χ4v) is 1.66. The predicted octanol–water partition coefficient (Wildman–Crippen LogP) is 2.81. The Morgan fingerprint density at radius 3 is 2.88 bits per heavy atom. The molecule has 1 aromatic heterocycles. The molecule has 84 valence electrons. The Morgan fingerprint density at radius 2 is 2.19 bits per heavy atom. The number of carbonyl (C=O) groups excluding carboxylic acids is 1. The zero-order valence-electron chi connectivity index (χ0n) is 9.27. The van der Waals surface area contributed by atoms with Gasteiger partial charge in [-0.1, -0.05) is 0 Å². The van der Waals surface area contributed by atoms with Gasteiger partial charge in [-0.05, 0) is 31.2 Å². The van der Waals surface area contributed by atoms with Crippen LogP contribution in [0.4, 0.5) is 4.79 Å². The Bertz CT molecular complexity index is 516. The van der Waals surface area contributed by atoms with E-state index in [9.17, 15) is 4.79 Å². The largest absolute Gasteiger partial charge is 0.513 e. The van der Waals surface area contributed by atoms with Gasteiger partial charge < -0.3 is 14.0 Å². The maximum absolute atomic E-state index is 10.9. The van der Waals surface area contributed by atoms with Crippen molar-refractivity contribution >= 4 is 17.1 Å². The first-order chi connectivity index (χ1) is 7.74. The molecule has 0 saturated carbocycles. The average molecular weight is 219 g/mol. The highest BCUT2D eigenvalue weighted by atomic mass is 16.7. The molecule has 0 fully saturated rings. The quantitative estimate of drug-likeness (QED) is 0.576. The molecule has 1 aromatic carbocycles. The van der Waals surface area contributed by atoms with E-state index in [0.717, 1.165) is 17.4 Å². The van der Waals surface area contributed by atoms with Crippen molar-refractivity contribution in [3.63, 3.8) is 0 Å². The number of carbonyl (C=O) groups is 1. The molecular weight excluding hydrogens is 206 g/mol. The number of hydrogen-bond acceptors (Lipinski definition) is 3. The Labute approximate surface area is 93.4 Å². The van der Waals surface area contributed by atoms with E-state index in [1.165, 1.54) is 7.11 Å². The summed E-state index contributed by atoms with van der Waals surface area (Å²) in [6.45, 7) is 3.00. The van der Waals surface area contributed by atoms with Gasteiger partial charge in [0, 0.05) is 23.6 Å². The van der Waals surface area contributed by atoms with Gasteiger partial charge >= 0.3 is 6.16 Å². The van der Waals surface area contributed by atoms with Crippen LogP contribution < -0.4 is 4.74 Å². The first-order valence-electron chi connectivity index (χ1n) is 5.09.